The molecule has 0 unspecified atom stereocenters. The zero-order valence-corrected chi connectivity index (χ0v) is 15.2. The predicted octanol–water partition coefficient (Wildman–Crippen LogP) is 3.99. The zero-order valence-electron chi connectivity index (χ0n) is 14.4. The van der Waals surface area contributed by atoms with Gasteiger partial charge in [0, 0.05) is 35.7 Å². The van der Waals surface area contributed by atoms with Crippen molar-refractivity contribution >= 4 is 23.3 Å². The molecule has 26 heavy (non-hydrogen) atoms. The molecular formula is C19H19ClN4O2. The number of benzene rings is 2. The van der Waals surface area contributed by atoms with Crippen molar-refractivity contribution in [1.29, 1.82) is 0 Å². The van der Waals surface area contributed by atoms with Crippen LogP contribution in [0.2, 0.25) is 5.02 Å². The van der Waals surface area contributed by atoms with Crippen LogP contribution in [0.15, 0.2) is 60.9 Å². The number of rotatable bonds is 5. The van der Waals surface area contributed by atoms with Crippen molar-refractivity contribution in [3.05, 3.63) is 77.3 Å². The number of aromatic nitrogens is 2. The number of anilines is 1. The smallest absolute Gasteiger partial charge is 0.320 e. The molecule has 0 spiro atoms. The number of hydrogen-bond acceptors (Lipinski definition) is 3. The van der Waals surface area contributed by atoms with Crippen LogP contribution in [-0.2, 0) is 7.05 Å². The Morgan fingerprint density at radius 3 is 2.58 bits per heavy atom. The van der Waals surface area contributed by atoms with Crippen molar-refractivity contribution in [3.63, 3.8) is 0 Å². The van der Waals surface area contributed by atoms with Crippen LogP contribution in [0.3, 0.4) is 0 Å². The number of nitrogens with zero attached hydrogens (tertiary/aromatic N) is 2. The van der Waals surface area contributed by atoms with Gasteiger partial charge in [0.2, 0.25) is 0 Å². The number of amides is 2. The first kappa shape index (κ1) is 17.8. The van der Waals surface area contributed by atoms with Gasteiger partial charge in [0.15, 0.2) is 0 Å². The summed E-state index contributed by atoms with van der Waals surface area (Å²) in [4.78, 5) is 16.9. The lowest BCUT2D eigenvalue weighted by Crippen LogP contribution is -2.34. The van der Waals surface area contributed by atoms with Crippen LogP contribution >= 0.6 is 11.6 Å². The van der Waals surface area contributed by atoms with Gasteiger partial charge in [0.1, 0.15) is 17.6 Å². The summed E-state index contributed by atoms with van der Waals surface area (Å²) in [6, 6.07) is 13.6. The first-order chi connectivity index (χ1) is 12.6. The molecule has 0 saturated carbocycles. The minimum Gasteiger partial charge on any atom is -0.496 e. The number of carbonyl (C=O) groups excluding carboxylic acids is 1. The lowest BCUT2D eigenvalue weighted by molar-refractivity contribution is 0.249. The highest BCUT2D eigenvalue weighted by atomic mass is 35.5. The third-order valence-electron chi connectivity index (χ3n) is 3.94. The summed E-state index contributed by atoms with van der Waals surface area (Å²) < 4.78 is 7.31. The second-order valence-electron chi connectivity index (χ2n) is 5.68. The molecule has 2 amide bonds. The van der Waals surface area contributed by atoms with E-state index in [1.807, 2.05) is 42.1 Å². The maximum atomic E-state index is 12.6. The van der Waals surface area contributed by atoms with E-state index in [1.165, 1.54) is 0 Å². The number of methoxy groups -OCH3 is 1. The van der Waals surface area contributed by atoms with E-state index in [9.17, 15) is 4.79 Å². The highest BCUT2D eigenvalue weighted by Crippen LogP contribution is 2.29. The first-order valence-corrected chi connectivity index (χ1v) is 8.39. The second kappa shape index (κ2) is 7.93. The van der Waals surface area contributed by atoms with Crippen molar-refractivity contribution in [1.82, 2.24) is 14.9 Å². The number of aryl methyl sites for hydroxylation is 1. The molecule has 0 aliphatic rings. The van der Waals surface area contributed by atoms with Gasteiger partial charge in [-0.3, -0.25) is 0 Å². The van der Waals surface area contributed by atoms with E-state index in [4.69, 9.17) is 16.3 Å². The molecule has 134 valence electrons. The van der Waals surface area contributed by atoms with Crippen molar-refractivity contribution < 1.29 is 9.53 Å². The number of imidazole rings is 1. The van der Waals surface area contributed by atoms with Gasteiger partial charge in [-0.15, -0.1) is 0 Å². The summed E-state index contributed by atoms with van der Waals surface area (Å²) >= 11 is 5.88. The van der Waals surface area contributed by atoms with Gasteiger partial charge >= 0.3 is 6.03 Å². The van der Waals surface area contributed by atoms with Crippen LogP contribution in [0.4, 0.5) is 10.5 Å². The molecular weight excluding hydrogens is 352 g/mol. The summed E-state index contributed by atoms with van der Waals surface area (Å²) in [5.74, 6) is 1.37. The summed E-state index contributed by atoms with van der Waals surface area (Å²) in [6.07, 6.45) is 3.52. The number of nitrogens with one attached hydrogen (secondary N) is 2. The molecule has 7 heteroatoms. The third kappa shape index (κ3) is 3.97. The van der Waals surface area contributed by atoms with E-state index in [1.54, 1.807) is 37.6 Å². The molecule has 1 atom stereocenters. The number of para-hydroxylation sites is 1. The maximum Gasteiger partial charge on any atom is 0.320 e. The molecule has 1 heterocycles. The Morgan fingerprint density at radius 1 is 1.19 bits per heavy atom. The van der Waals surface area contributed by atoms with Gasteiger partial charge in [-0.2, -0.15) is 0 Å². The number of halogens is 1. The van der Waals surface area contributed by atoms with Gasteiger partial charge < -0.3 is 19.9 Å². The largest absolute Gasteiger partial charge is 0.496 e. The fourth-order valence-corrected chi connectivity index (χ4v) is 2.80. The molecule has 0 saturated heterocycles. The standard InChI is InChI=1S/C19H19ClN4O2/c1-24-12-11-21-18(24)17(15-5-3-4-6-16(15)26-2)23-19(25)22-14-9-7-13(20)8-10-14/h3-12,17H,1-2H3,(H2,22,23,25)/t17-/m1/s1. The molecule has 0 aliphatic heterocycles. The van der Waals surface area contributed by atoms with Crippen molar-refractivity contribution in [3.8, 4) is 5.75 Å². The van der Waals surface area contributed by atoms with Gasteiger partial charge in [0.25, 0.3) is 0 Å². The fraction of sp³-hybridized carbons (Fsp3) is 0.158. The molecule has 3 rings (SSSR count). The van der Waals surface area contributed by atoms with E-state index in [-0.39, 0.29) is 6.03 Å². The fourth-order valence-electron chi connectivity index (χ4n) is 2.67. The van der Waals surface area contributed by atoms with E-state index in [0.29, 0.717) is 22.3 Å². The molecule has 1 aromatic heterocycles. The van der Waals surface area contributed by atoms with Crippen LogP contribution in [0, 0.1) is 0 Å². The summed E-state index contributed by atoms with van der Waals surface area (Å²) in [5.41, 5.74) is 1.46. The highest BCUT2D eigenvalue weighted by molar-refractivity contribution is 6.30. The van der Waals surface area contributed by atoms with Crippen LogP contribution in [0.25, 0.3) is 0 Å². The van der Waals surface area contributed by atoms with Gasteiger partial charge in [0.05, 0.1) is 7.11 Å². The molecule has 6 nitrogen and oxygen atoms in total. The Hall–Kier alpha value is -2.99. The highest BCUT2D eigenvalue weighted by Gasteiger charge is 2.23. The number of ether oxygens (including phenoxy) is 1. The maximum absolute atomic E-state index is 12.6. The molecule has 2 N–H and O–H groups in total. The number of urea groups is 1. The number of hydrogen-bond donors (Lipinski definition) is 2. The average Bonchev–Trinajstić information content (AvgIpc) is 3.07. The minimum absolute atomic E-state index is 0.355. The summed E-state index contributed by atoms with van der Waals surface area (Å²) in [7, 11) is 3.48. The van der Waals surface area contributed by atoms with E-state index in [0.717, 1.165) is 5.56 Å². The molecule has 2 aromatic carbocycles. The number of carbonyl (C=O) groups is 1. The van der Waals surface area contributed by atoms with E-state index >= 15 is 0 Å². The van der Waals surface area contributed by atoms with Gasteiger partial charge in [-0.05, 0) is 30.3 Å². The quantitative estimate of drug-likeness (QED) is 0.713. The Balaban J connectivity index is 1.88. The Labute approximate surface area is 156 Å². The molecule has 0 aliphatic carbocycles. The van der Waals surface area contributed by atoms with Crippen molar-refractivity contribution in [2.24, 2.45) is 7.05 Å². The normalized spacial score (nSPS) is 11.7. The minimum atomic E-state index is -0.474. The first-order valence-electron chi connectivity index (χ1n) is 8.01. The van der Waals surface area contributed by atoms with Crippen LogP contribution in [0.1, 0.15) is 17.4 Å². The molecule has 0 fully saturated rings. The van der Waals surface area contributed by atoms with E-state index < -0.39 is 6.04 Å². The topological polar surface area (TPSA) is 68.2 Å². The molecule has 0 bridgehead atoms. The van der Waals surface area contributed by atoms with Crippen molar-refractivity contribution in [2.75, 3.05) is 12.4 Å². The lowest BCUT2D eigenvalue weighted by Gasteiger charge is -2.21. The Kier molecular flexibility index (Phi) is 5.43. The summed E-state index contributed by atoms with van der Waals surface area (Å²) in [5, 5.41) is 6.38. The van der Waals surface area contributed by atoms with Crippen LogP contribution < -0.4 is 15.4 Å². The van der Waals surface area contributed by atoms with Gasteiger partial charge in [-0.1, -0.05) is 29.8 Å². The monoisotopic (exact) mass is 370 g/mol. The van der Waals surface area contributed by atoms with E-state index in [2.05, 4.69) is 15.6 Å². The SMILES string of the molecule is COc1ccccc1[C@@H](NC(=O)Nc1ccc(Cl)cc1)c1nccn1C. The predicted molar refractivity (Wildman–Crippen MR) is 102 cm³/mol. The Morgan fingerprint density at radius 2 is 1.92 bits per heavy atom. The van der Waals surface area contributed by atoms with Crippen LogP contribution in [-0.4, -0.2) is 22.7 Å². The van der Waals surface area contributed by atoms with Crippen LogP contribution in [0.5, 0.6) is 5.75 Å². The average molecular weight is 371 g/mol. The van der Waals surface area contributed by atoms with Gasteiger partial charge in [-0.25, -0.2) is 9.78 Å². The third-order valence-corrected chi connectivity index (χ3v) is 4.20. The Bertz CT molecular complexity index is 893. The molecule has 3 aromatic rings. The second-order valence-corrected chi connectivity index (χ2v) is 6.11. The molecule has 0 radical (unpaired) electrons. The zero-order chi connectivity index (χ0) is 18.5. The van der Waals surface area contributed by atoms with Crippen molar-refractivity contribution in [2.45, 2.75) is 6.04 Å². The summed E-state index contributed by atoms with van der Waals surface area (Å²) in [6.45, 7) is 0. The lowest BCUT2D eigenvalue weighted by atomic mass is 10.0.